The van der Waals surface area contributed by atoms with E-state index in [1.165, 1.54) is 11.3 Å². The van der Waals surface area contributed by atoms with Crippen molar-refractivity contribution in [2.45, 2.75) is 33.3 Å². The van der Waals surface area contributed by atoms with Gasteiger partial charge in [0.2, 0.25) is 5.88 Å². The van der Waals surface area contributed by atoms with E-state index in [0.717, 1.165) is 24.5 Å². The van der Waals surface area contributed by atoms with Crippen LogP contribution in [-0.2, 0) is 0 Å². The molecule has 1 fully saturated rings. The van der Waals surface area contributed by atoms with Crippen molar-refractivity contribution in [2.24, 2.45) is 5.92 Å². The van der Waals surface area contributed by atoms with Crippen LogP contribution in [0.1, 0.15) is 36.2 Å². The molecule has 0 aliphatic carbocycles. The van der Waals surface area contributed by atoms with Crippen LogP contribution < -0.4 is 15.0 Å². The normalized spacial score (nSPS) is 16.6. The Hall–Kier alpha value is -2.27. The lowest BCUT2D eigenvalue weighted by atomic mass is 10.1. The highest BCUT2D eigenvalue weighted by molar-refractivity contribution is 6.30. The van der Waals surface area contributed by atoms with Gasteiger partial charge in [-0.3, -0.25) is 4.79 Å². The van der Waals surface area contributed by atoms with E-state index in [1.807, 2.05) is 32.0 Å². The van der Waals surface area contributed by atoms with Gasteiger partial charge in [0, 0.05) is 42.6 Å². The third-order valence-electron chi connectivity index (χ3n) is 4.70. The molecule has 1 aliphatic heterocycles. The highest BCUT2D eigenvalue weighted by atomic mass is 35.5. The Labute approximate surface area is 165 Å². The second-order valence-corrected chi connectivity index (χ2v) is 7.73. The first kappa shape index (κ1) is 19.5. The summed E-state index contributed by atoms with van der Waals surface area (Å²) < 4.78 is 5.50. The molecule has 1 aliphatic rings. The molecule has 1 atom stereocenters. The molecule has 0 bridgehead atoms. The van der Waals surface area contributed by atoms with Crippen molar-refractivity contribution in [3.8, 4) is 5.88 Å². The molecule has 3 rings (SSSR count). The number of amides is 1. The zero-order valence-electron chi connectivity index (χ0n) is 16.0. The molecule has 1 saturated heterocycles. The molecule has 1 N–H and O–H groups in total. The number of nitrogens with one attached hydrogen (secondary N) is 1. The lowest BCUT2D eigenvalue weighted by Crippen LogP contribution is -2.31. The van der Waals surface area contributed by atoms with Crippen molar-refractivity contribution in [3.05, 3.63) is 52.7 Å². The first-order valence-electron chi connectivity index (χ1n) is 9.34. The number of aryl methyl sites for hydroxylation is 1. The summed E-state index contributed by atoms with van der Waals surface area (Å²) in [6, 6.07) is 9.46. The van der Waals surface area contributed by atoms with E-state index in [-0.39, 0.29) is 12.0 Å². The maximum Gasteiger partial charge on any atom is 0.252 e. The lowest BCUT2D eigenvalue weighted by Gasteiger charge is -2.21. The summed E-state index contributed by atoms with van der Waals surface area (Å²) in [7, 11) is 0. The summed E-state index contributed by atoms with van der Waals surface area (Å²) in [5.74, 6) is 0.852. The molecule has 1 aromatic heterocycles. The second-order valence-electron chi connectivity index (χ2n) is 7.29. The number of rotatable bonds is 6. The molecule has 0 spiro atoms. The minimum absolute atomic E-state index is 0.0608. The number of carbonyl (C=O) groups excluding carboxylic acids is 1. The first-order valence-corrected chi connectivity index (χ1v) is 9.72. The Balaban J connectivity index is 1.52. The van der Waals surface area contributed by atoms with Crippen molar-refractivity contribution in [1.29, 1.82) is 0 Å². The van der Waals surface area contributed by atoms with Gasteiger partial charge in [-0.15, -0.1) is 0 Å². The van der Waals surface area contributed by atoms with E-state index in [4.69, 9.17) is 16.3 Å². The van der Waals surface area contributed by atoms with Crippen LogP contribution in [0.15, 0.2) is 36.5 Å². The van der Waals surface area contributed by atoms with Gasteiger partial charge in [0.15, 0.2) is 0 Å². The highest BCUT2D eigenvalue weighted by Gasteiger charge is 2.24. The maximum atomic E-state index is 12.4. The molecule has 0 radical (unpaired) electrons. The van der Waals surface area contributed by atoms with Crippen molar-refractivity contribution in [3.63, 3.8) is 0 Å². The van der Waals surface area contributed by atoms with Crippen LogP contribution in [-0.4, -0.2) is 36.6 Å². The number of anilines is 1. The fraction of sp³-hybridized carbons (Fsp3) is 0.429. The molecule has 6 heteroatoms. The molecule has 1 unspecified atom stereocenters. The van der Waals surface area contributed by atoms with Gasteiger partial charge in [0.05, 0.1) is 11.7 Å². The summed E-state index contributed by atoms with van der Waals surface area (Å²) in [5.41, 5.74) is 2.95. The fourth-order valence-corrected chi connectivity index (χ4v) is 3.47. The van der Waals surface area contributed by atoms with Crippen LogP contribution in [0.3, 0.4) is 0 Å². The SMILES string of the molecule is Cc1ccc(Cl)cc1N1CCC(CNC(=O)c2ccc(OC(C)C)nc2)C1. The molecule has 1 amide bonds. The molecule has 27 heavy (non-hydrogen) atoms. The van der Waals surface area contributed by atoms with Gasteiger partial charge in [-0.05, 0) is 56.9 Å². The van der Waals surface area contributed by atoms with Crippen molar-refractivity contribution in [1.82, 2.24) is 10.3 Å². The molecule has 1 aromatic carbocycles. The number of halogens is 1. The molecule has 144 valence electrons. The Morgan fingerprint density at radius 2 is 2.19 bits per heavy atom. The monoisotopic (exact) mass is 387 g/mol. The molecular formula is C21H26ClN3O2. The van der Waals surface area contributed by atoms with E-state index in [2.05, 4.69) is 22.1 Å². The van der Waals surface area contributed by atoms with Gasteiger partial charge in [0.1, 0.15) is 0 Å². The average Bonchev–Trinajstić information content (AvgIpc) is 3.10. The number of hydrogen-bond acceptors (Lipinski definition) is 4. The third-order valence-corrected chi connectivity index (χ3v) is 4.94. The second kappa shape index (κ2) is 8.61. The van der Waals surface area contributed by atoms with Gasteiger partial charge in [-0.25, -0.2) is 4.98 Å². The predicted octanol–water partition coefficient (Wildman–Crippen LogP) is 4.09. The first-order chi connectivity index (χ1) is 12.9. The number of hydrogen-bond donors (Lipinski definition) is 1. The summed E-state index contributed by atoms with van der Waals surface area (Å²) in [5, 5.41) is 3.78. The van der Waals surface area contributed by atoms with Crippen molar-refractivity contribution < 1.29 is 9.53 Å². The quantitative estimate of drug-likeness (QED) is 0.811. The van der Waals surface area contributed by atoms with Crippen molar-refractivity contribution >= 4 is 23.2 Å². The highest BCUT2D eigenvalue weighted by Crippen LogP contribution is 2.29. The number of pyridine rings is 1. The van der Waals surface area contributed by atoms with Gasteiger partial charge in [0.25, 0.3) is 5.91 Å². The smallest absolute Gasteiger partial charge is 0.252 e. The van der Waals surface area contributed by atoms with Crippen molar-refractivity contribution in [2.75, 3.05) is 24.5 Å². The number of ether oxygens (including phenoxy) is 1. The summed E-state index contributed by atoms with van der Waals surface area (Å²) in [6.45, 7) is 8.53. The zero-order valence-corrected chi connectivity index (χ0v) is 16.8. The minimum atomic E-state index is -0.101. The molecule has 0 saturated carbocycles. The van der Waals surface area contributed by atoms with Gasteiger partial charge < -0.3 is 15.0 Å². The molecular weight excluding hydrogens is 362 g/mol. The van der Waals surface area contributed by atoms with Gasteiger partial charge in [-0.1, -0.05) is 17.7 Å². The third kappa shape index (κ3) is 5.13. The lowest BCUT2D eigenvalue weighted by molar-refractivity contribution is 0.0948. The topological polar surface area (TPSA) is 54.5 Å². The largest absolute Gasteiger partial charge is 0.475 e. The Bertz CT molecular complexity index is 793. The Kier molecular flexibility index (Phi) is 6.22. The summed E-state index contributed by atoms with van der Waals surface area (Å²) >= 11 is 6.14. The average molecular weight is 388 g/mol. The van der Waals surface area contributed by atoms with Crippen LogP contribution in [0.4, 0.5) is 5.69 Å². The maximum absolute atomic E-state index is 12.4. The van der Waals surface area contributed by atoms with E-state index in [1.54, 1.807) is 18.3 Å². The minimum Gasteiger partial charge on any atom is -0.475 e. The Morgan fingerprint density at radius 3 is 2.89 bits per heavy atom. The molecule has 5 nitrogen and oxygen atoms in total. The van der Waals surface area contributed by atoms with E-state index >= 15 is 0 Å². The fourth-order valence-electron chi connectivity index (χ4n) is 3.31. The van der Waals surface area contributed by atoms with Crippen LogP contribution >= 0.6 is 11.6 Å². The molecule has 2 heterocycles. The number of benzene rings is 1. The van der Waals surface area contributed by atoms with E-state index in [0.29, 0.717) is 23.9 Å². The zero-order chi connectivity index (χ0) is 19.4. The number of aromatic nitrogens is 1. The van der Waals surface area contributed by atoms with Gasteiger partial charge >= 0.3 is 0 Å². The van der Waals surface area contributed by atoms with Crippen LogP contribution in [0, 0.1) is 12.8 Å². The van der Waals surface area contributed by atoms with Crippen LogP contribution in [0.5, 0.6) is 5.88 Å². The van der Waals surface area contributed by atoms with E-state index < -0.39 is 0 Å². The number of carbonyl (C=O) groups is 1. The van der Waals surface area contributed by atoms with Crippen LogP contribution in [0.2, 0.25) is 5.02 Å². The predicted molar refractivity (Wildman–Crippen MR) is 109 cm³/mol. The van der Waals surface area contributed by atoms with Crippen LogP contribution in [0.25, 0.3) is 0 Å². The standard InChI is InChI=1S/C21H26ClN3O2/c1-14(2)27-20-7-5-17(12-23-20)21(26)24-11-16-8-9-25(13-16)19-10-18(22)6-4-15(19)3/h4-7,10,12,14,16H,8-9,11,13H2,1-3H3,(H,24,26). The van der Waals surface area contributed by atoms with Gasteiger partial charge in [-0.2, -0.15) is 0 Å². The Morgan fingerprint density at radius 1 is 1.37 bits per heavy atom. The summed E-state index contributed by atoms with van der Waals surface area (Å²) in [6.07, 6.45) is 2.67. The molecule has 2 aromatic rings. The summed E-state index contributed by atoms with van der Waals surface area (Å²) in [4.78, 5) is 18.9. The van der Waals surface area contributed by atoms with E-state index in [9.17, 15) is 4.79 Å². The number of nitrogens with zero attached hydrogens (tertiary/aromatic N) is 2.